The molecule has 1 aromatic rings. The molecule has 0 saturated carbocycles. The summed E-state index contributed by atoms with van der Waals surface area (Å²) in [5.41, 5.74) is 0. The highest BCUT2D eigenvalue weighted by Crippen LogP contribution is 2.16. The maximum atomic E-state index is 11.5. The van der Waals surface area contributed by atoms with Crippen molar-refractivity contribution in [2.24, 2.45) is 5.92 Å². The quantitative estimate of drug-likeness (QED) is 0.768. The lowest BCUT2D eigenvalue weighted by Gasteiger charge is -2.21. The first-order chi connectivity index (χ1) is 8.94. The largest absolute Gasteiger partial charge is 0.447 e. The SMILES string of the molecule is CCC(CC)C(C)NCc1ccc(S(=O)(=O)NC)o1. The molecule has 6 heteroatoms. The van der Waals surface area contributed by atoms with Gasteiger partial charge in [0, 0.05) is 6.04 Å². The van der Waals surface area contributed by atoms with E-state index in [1.54, 1.807) is 6.07 Å². The van der Waals surface area contributed by atoms with Crippen molar-refractivity contribution >= 4 is 10.0 Å². The van der Waals surface area contributed by atoms with Gasteiger partial charge in [-0.3, -0.25) is 0 Å². The van der Waals surface area contributed by atoms with Crippen LogP contribution in [0.5, 0.6) is 0 Å². The average Bonchev–Trinajstić information content (AvgIpc) is 2.87. The van der Waals surface area contributed by atoms with Crippen LogP contribution in [-0.2, 0) is 16.6 Å². The number of hydrogen-bond donors (Lipinski definition) is 2. The molecule has 1 aromatic heterocycles. The van der Waals surface area contributed by atoms with Gasteiger partial charge in [0.15, 0.2) is 0 Å². The molecule has 0 spiro atoms. The number of hydrogen-bond acceptors (Lipinski definition) is 4. The van der Waals surface area contributed by atoms with Crippen molar-refractivity contribution < 1.29 is 12.8 Å². The summed E-state index contributed by atoms with van der Waals surface area (Å²) in [6.07, 6.45) is 2.25. The highest BCUT2D eigenvalue weighted by molar-refractivity contribution is 7.89. The van der Waals surface area contributed by atoms with E-state index in [9.17, 15) is 8.42 Å². The zero-order valence-corrected chi connectivity index (χ0v) is 12.9. The van der Waals surface area contributed by atoms with Gasteiger partial charge in [-0.15, -0.1) is 0 Å². The first-order valence-electron chi connectivity index (χ1n) is 6.70. The third kappa shape index (κ3) is 4.33. The fraction of sp³-hybridized carbons (Fsp3) is 0.692. The Bertz CT molecular complexity index is 478. The van der Waals surface area contributed by atoms with Crippen molar-refractivity contribution in [3.63, 3.8) is 0 Å². The molecule has 0 radical (unpaired) electrons. The molecule has 0 amide bonds. The van der Waals surface area contributed by atoms with Crippen molar-refractivity contribution in [1.29, 1.82) is 0 Å². The molecule has 0 aliphatic carbocycles. The summed E-state index contributed by atoms with van der Waals surface area (Å²) in [6.45, 7) is 7.04. The van der Waals surface area contributed by atoms with E-state index < -0.39 is 10.0 Å². The second-order valence-electron chi connectivity index (χ2n) is 4.67. The van der Waals surface area contributed by atoms with Gasteiger partial charge in [0.05, 0.1) is 6.54 Å². The molecule has 1 rings (SSSR count). The molecule has 0 aliphatic rings. The molecule has 5 nitrogen and oxygen atoms in total. The first kappa shape index (κ1) is 16.2. The molecule has 0 bridgehead atoms. The fourth-order valence-corrected chi connectivity index (χ4v) is 2.79. The summed E-state index contributed by atoms with van der Waals surface area (Å²) in [5.74, 6) is 1.25. The van der Waals surface area contributed by atoms with E-state index in [0.717, 1.165) is 12.8 Å². The molecule has 0 saturated heterocycles. The van der Waals surface area contributed by atoms with Gasteiger partial charge in [0.25, 0.3) is 10.0 Å². The summed E-state index contributed by atoms with van der Waals surface area (Å²) < 4.78 is 30.6. The van der Waals surface area contributed by atoms with Gasteiger partial charge in [0.2, 0.25) is 5.09 Å². The Balaban J connectivity index is 2.60. The van der Waals surface area contributed by atoms with Crippen molar-refractivity contribution in [2.75, 3.05) is 7.05 Å². The molecule has 2 N–H and O–H groups in total. The number of rotatable bonds is 8. The van der Waals surface area contributed by atoms with Crippen molar-refractivity contribution in [3.8, 4) is 0 Å². The lowest BCUT2D eigenvalue weighted by molar-refractivity contribution is 0.330. The van der Waals surface area contributed by atoms with Crippen LogP contribution in [0.15, 0.2) is 21.6 Å². The molecular formula is C13H24N2O3S. The minimum Gasteiger partial charge on any atom is -0.447 e. The Morgan fingerprint density at radius 1 is 1.26 bits per heavy atom. The van der Waals surface area contributed by atoms with Crippen LogP contribution < -0.4 is 10.0 Å². The normalized spacial score (nSPS) is 13.9. The van der Waals surface area contributed by atoms with E-state index in [-0.39, 0.29) is 5.09 Å². The number of nitrogens with one attached hydrogen (secondary N) is 2. The van der Waals surface area contributed by atoms with Crippen molar-refractivity contribution in [1.82, 2.24) is 10.0 Å². The standard InChI is InChI=1S/C13H24N2O3S/c1-5-11(6-2)10(3)15-9-12-7-8-13(18-12)19(16,17)14-4/h7-8,10-11,14-15H,5-6,9H2,1-4H3. The minimum absolute atomic E-state index is 0.0398. The minimum atomic E-state index is -3.49. The zero-order valence-electron chi connectivity index (χ0n) is 12.1. The van der Waals surface area contributed by atoms with Crippen LogP contribution in [0.25, 0.3) is 0 Å². The molecule has 1 unspecified atom stereocenters. The monoisotopic (exact) mass is 288 g/mol. The van der Waals surface area contributed by atoms with Crippen LogP contribution >= 0.6 is 0 Å². The summed E-state index contributed by atoms with van der Waals surface area (Å²) >= 11 is 0. The molecule has 0 fully saturated rings. The third-order valence-corrected chi connectivity index (χ3v) is 4.81. The lowest BCUT2D eigenvalue weighted by Crippen LogP contribution is -2.32. The van der Waals surface area contributed by atoms with Crippen LogP contribution in [-0.4, -0.2) is 21.5 Å². The molecule has 1 heterocycles. The molecule has 110 valence electrons. The van der Waals surface area contributed by atoms with E-state index in [0.29, 0.717) is 24.3 Å². The maximum absolute atomic E-state index is 11.5. The zero-order chi connectivity index (χ0) is 14.5. The first-order valence-corrected chi connectivity index (χ1v) is 8.18. The summed E-state index contributed by atoms with van der Waals surface area (Å²) in [4.78, 5) is 0. The van der Waals surface area contributed by atoms with Crippen LogP contribution in [0, 0.1) is 5.92 Å². The van der Waals surface area contributed by atoms with Gasteiger partial charge in [-0.05, 0) is 32.0 Å². The van der Waals surface area contributed by atoms with Crippen LogP contribution in [0.4, 0.5) is 0 Å². The number of furan rings is 1. The second-order valence-corrected chi connectivity index (χ2v) is 6.49. The van der Waals surface area contributed by atoms with Crippen molar-refractivity contribution in [3.05, 3.63) is 17.9 Å². The average molecular weight is 288 g/mol. The highest BCUT2D eigenvalue weighted by Gasteiger charge is 2.17. The van der Waals surface area contributed by atoms with E-state index in [1.807, 2.05) is 0 Å². The molecule has 0 aliphatic heterocycles. The van der Waals surface area contributed by atoms with E-state index >= 15 is 0 Å². The number of sulfonamides is 1. The van der Waals surface area contributed by atoms with Crippen LogP contribution in [0.2, 0.25) is 0 Å². The van der Waals surface area contributed by atoms with Gasteiger partial charge in [-0.25, -0.2) is 13.1 Å². The molecule has 19 heavy (non-hydrogen) atoms. The van der Waals surface area contributed by atoms with E-state index in [2.05, 4.69) is 30.8 Å². The second kappa shape index (κ2) is 7.07. The third-order valence-electron chi connectivity index (χ3n) is 3.52. The Hall–Kier alpha value is -0.850. The van der Waals surface area contributed by atoms with Gasteiger partial charge in [-0.1, -0.05) is 26.7 Å². The Morgan fingerprint density at radius 3 is 2.42 bits per heavy atom. The van der Waals surface area contributed by atoms with E-state index in [1.165, 1.54) is 13.1 Å². The molecule has 1 atom stereocenters. The topological polar surface area (TPSA) is 71.3 Å². The smallest absolute Gasteiger partial charge is 0.273 e. The summed E-state index contributed by atoms with van der Waals surface area (Å²) in [7, 11) is -2.12. The maximum Gasteiger partial charge on any atom is 0.273 e. The molecular weight excluding hydrogens is 264 g/mol. The molecule has 0 aromatic carbocycles. The predicted octanol–water partition coefficient (Wildman–Crippen LogP) is 2.10. The van der Waals surface area contributed by atoms with Crippen molar-refractivity contribution in [2.45, 2.75) is 51.3 Å². The van der Waals surface area contributed by atoms with Crippen LogP contribution in [0.1, 0.15) is 39.4 Å². The Morgan fingerprint density at radius 2 is 1.89 bits per heavy atom. The lowest BCUT2D eigenvalue weighted by atomic mass is 9.95. The van der Waals surface area contributed by atoms with Gasteiger partial charge < -0.3 is 9.73 Å². The van der Waals surface area contributed by atoms with E-state index in [4.69, 9.17) is 4.42 Å². The van der Waals surface area contributed by atoms with Gasteiger partial charge in [-0.2, -0.15) is 0 Å². The Labute approximate surface area is 115 Å². The summed E-state index contributed by atoms with van der Waals surface area (Å²) in [5, 5.41) is 3.33. The van der Waals surface area contributed by atoms with Gasteiger partial charge in [0.1, 0.15) is 5.76 Å². The summed E-state index contributed by atoms with van der Waals surface area (Å²) in [6, 6.07) is 3.55. The van der Waals surface area contributed by atoms with Crippen LogP contribution in [0.3, 0.4) is 0 Å². The predicted molar refractivity (Wildman–Crippen MR) is 75.3 cm³/mol. The van der Waals surface area contributed by atoms with Gasteiger partial charge >= 0.3 is 0 Å². The Kier molecular flexibility index (Phi) is 6.03. The highest BCUT2D eigenvalue weighted by atomic mass is 32.2. The fourth-order valence-electron chi connectivity index (χ4n) is 2.12.